The molecule has 0 saturated heterocycles. The average molecular weight is 1170 g/mol. The second-order valence-corrected chi connectivity index (χ2v) is 25.5. The summed E-state index contributed by atoms with van der Waals surface area (Å²) in [5, 5.41) is 9.75. The Balaban J connectivity index is 4.07. The molecule has 1 N–H and O–H groups in total. The number of carbonyl (C=O) groups is 3. The van der Waals surface area contributed by atoms with Crippen molar-refractivity contribution in [2.24, 2.45) is 0 Å². The van der Waals surface area contributed by atoms with Gasteiger partial charge in [-0.3, -0.25) is 9.59 Å². The average Bonchev–Trinajstić information content (AvgIpc) is 3.46. The second-order valence-electron chi connectivity index (χ2n) is 25.5. The number of quaternary nitrogens is 1. The van der Waals surface area contributed by atoms with Crippen LogP contribution in [0.15, 0.2) is 48.6 Å². The molecule has 9 nitrogen and oxygen atoms in total. The van der Waals surface area contributed by atoms with Crippen molar-refractivity contribution in [2.75, 3.05) is 47.5 Å². The van der Waals surface area contributed by atoms with Crippen LogP contribution < -0.4 is 0 Å². The molecule has 0 aromatic heterocycles. The zero-order chi connectivity index (χ0) is 60.5. The van der Waals surface area contributed by atoms with Crippen molar-refractivity contribution in [3.63, 3.8) is 0 Å². The quantitative estimate of drug-likeness (QED) is 0.0211. The first-order chi connectivity index (χ1) is 40.6. The number of likely N-dealkylation sites (N-methyl/N-ethyl adjacent to an activating group) is 1. The number of aliphatic carboxylic acids is 1. The zero-order valence-corrected chi connectivity index (χ0v) is 55.6. The maximum atomic E-state index is 12.9. The maximum Gasteiger partial charge on any atom is 0.361 e. The van der Waals surface area contributed by atoms with Crippen LogP contribution in [0.25, 0.3) is 0 Å². The van der Waals surface area contributed by atoms with Crippen LogP contribution in [0.5, 0.6) is 0 Å². The van der Waals surface area contributed by atoms with Crippen molar-refractivity contribution in [2.45, 2.75) is 360 Å². The van der Waals surface area contributed by atoms with E-state index in [1.807, 2.05) is 21.1 Å². The molecule has 0 aromatic carbocycles. The SMILES string of the molecule is CCCCCCC/C=C\C/C=C\C/C=C\CCCCCCCCCCCCCCC(=O)OC(COC(=O)CCCCCCCCCCCCCCCCCCCCC/C=C\CCCCCCCCCC)COC(OCC[N+](C)(C)C)C(=O)O. The van der Waals surface area contributed by atoms with E-state index in [1.54, 1.807) is 0 Å². The molecule has 0 heterocycles. The smallest absolute Gasteiger partial charge is 0.361 e. The molecule has 0 aliphatic carbocycles. The highest BCUT2D eigenvalue weighted by Gasteiger charge is 2.25. The predicted molar refractivity (Wildman–Crippen MR) is 355 cm³/mol. The lowest BCUT2D eigenvalue weighted by molar-refractivity contribution is -0.870. The Morgan fingerprint density at radius 2 is 0.651 bits per heavy atom. The predicted octanol–water partition coefficient (Wildman–Crippen LogP) is 22.1. The van der Waals surface area contributed by atoms with Crippen LogP contribution in [0.3, 0.4) is 0 Å². The molecule has 0 saturated carbocycles. The number of carbonyl (C=O) groups excluding carboxylic acids is 2. The van der Waals surface area contributed by atoms with Gasteiger partial charge < -0.3 is 28.5 Å². The number of rotatable bonds is 67. The summed E-state index contributed by atoms with van der Waals surface area (Å²) in [6, 6.07) is 0. The van der Waals surface area contributed by atoms with Crippen LogP contribution in [0.4, 0.5) is 0 Å². The third-order valence-electron chi connectivity index (χ3n) is 16.1. The molecule has 83 heavy (non-hydrogen) atoms. The molecule has 0 aromatic rings. The Labute approximate surface area is 514 Å². The molecule has 0 rings (SSSR count). The maximum absolute atomic E-state index is 12.9. The van der Waals surface area contributed by atoms with Gasteiger partial charge in [0.2, 0.25) is 0 Å². The number of hydrogen-bond acceptors (Lipinski definition) is 7. The van der Waals surface area contributed by atoms with Gasteiger partial charge in [0.15, 0.2) is 6.10 Å². The minimum atomic E-state index is -1.51. The van der Waals surface area contributed by atoms with E-state index in [0.717, 1.165) is 51.4 Å². The fourth-order valence-corrected chi connectivity index (χ4v) is 10.5. The van der Waals surface area contributed by atoms with Crippen molar-refractivity contribution >= 4 is 17.9 Å². The number of hydrogen-bond donors (Lipinski definition) is 1. The number of esters is 2. The molecular formula is C74H138NO8+. The van der Waals surface area contributed by atoms with Gasteiger partial charge in [-0.25, -0.2) is 4.79 Å². The third kappa shape index (κ3) is 66.6. The van der Waals surface area contributed by atoms with E-state index in [4.69, 9.17) is 18.9 Å². The van der Waals surface area contributed by atoms with Crippen molar-refractivity contribution in [3.8, 4) is 0 Å². The van der Waals surface area contributed by atoms with Gasteiger partial charge in [-0.2, -0.15) is 0 Å². The first-order valence-electron chi connectivity index (χ1n) is 35.8. The summed E-state index contributed by atoms with van der Waals surface area (Å²) in [5.74, 6) is -1.99. The van der Waals surface area contributed by atoms with Gasteiger partial charge >= 0.3 is 17.9 Å². The lowest BCUT2D eigenvalue weighted by Gasteiger charge is -2.25. The van der Waals surface area contributed by atoms with E-state index in [1.165, 1.54) is 270 Å². The number of ether oxygens (including phenoxy) is 4. The van der Waals surface area contributed by atoms with E-state index in [2.05, 4.69) is 62.5 Å². The third-order valence-corrected chi connectivity index (χ3v) is 16.1. The van der Waals surface area contributed by atoms with Crippen LogP contribution >= 0.6 is 0 Å². The summed E-state index contributed by atoms with van der Waals surface area (Å²) in [4.78, 5) is 37.6. The van der Waals surface area contributed by atoms with Gasteiger partial charge in [0.1, 0.15) is 13.2 Å². The van der Waals surface area contributed by atoms with Gasteiger partial charge in [0.25, 0.3) is 6.29 Å². The molecule has 486 valence electrons. The minimum absolute atomic E-state index is 0.179. The van der Waals surface area contributed by atoms with Gasteiger partial charge in [-0.15, -0.1) is 0 Å². The summed E-state index contributed by atoms with van der Waals surface area (Å²) < 4.78 is 23.0. The minimum Gasteiger partial charge on any atom is -0.477 e. The Bertz CT molecular complexity index is 1500. The summed E-state index contributed by atoms with van der Waals surface area (Å²) in [6.45, 7) is 4.92. The summed E-state index contributed by atoms with van der Waals surface area (Å²) in [5.41, 5.74) is 0. The highest BCUT2D eigenvalue weighted by molar-refractivity contribution is 5.71. The van der Waals surface area contributed by atoms with Crippen molar-refractivity contribution in [3.05, 3.63) is 48.6 Å². The molecule has 0 amide bonds. The lowest BCUT2D eigenvalue weighted by atomic mass is 10.0. The highest BCUT2D eigenvalue weighted by Crippen LogP contribution is 2.18. The molecule has 0 bridgehead atoms. The van der Waals surface area contributed by atoms with Gasteiger partial charge in [-0.05, 0) is 77.0 Å². The lowest BCUT2D eigenvalue weighted by Crippen LogP contribution is -2.40. The van der Waals surface area contributed by atoms with Gasteiger partial charge in [-0.1, -0.05) is 306 Å². The molecule has 2 atom stereocenters. The first kappa shape index (κ1) is 80.2. The number of unbranched alkanes of at least 4 members (excludes halogenated alkanes) is 44. The first-order valence-corrected chi connectivity index (χ1v) is 35.8. The number of carboxylic acid groups (broad SMARTS) is 1. The van der Waals surface area contributed by atoms with Gasteiger partial charge in [0, 0.05) is 12.8 Å². The molecule has 0 aliphatic rings. The zero-order valence-electron chi connectivity index (χ0n) is 55.6. The molecule has 0 spiro atoms. The van der Waals surface area contributed by atoms with Crippen LogP contribution in [0.2, 0.25) is 0 Å². The largest absolute Gasteiger partial charge is 0.477 e. The van der Waals surface area contributed by atoms with E-state index in [0.29, 0.717) is 17.4 Å². The Kier molecular flexibility index (Phi) is 63.1. The second kappa shape index (κ2) is 65.2. The number of carboxylic acids is 1. The van der Waals surface area contributed by atoms with Crippen LogP contribution in [0.1, 0.15) is 348 Å². The normalized spacial score (nSPS) is 12.9. The van der Waals surface area contributed by atoms with Crippen molar-refractivity contribution < 1.29 is 42.9 Å². The Morgan fingerprint density at radius 1 is 0.361 bits per heavy atom. The Hall–Kier alpha value is -2.75. The topological polar surface area (TPSA) is 108 Å². The summed E-state index contributed by atoms with van der Waals surface area (Å²) in [6.07, 6.45) is 80.9. The Morgan fingerprint density at radius 3 is 0.976 bits per heavy atom. The standard InChI is InChI=1S/C74H137NO8/c1-6-8-10-12-14-16-18-20-22-24-26-28-30-32-34-35-36-37-39-40-42-44-46-48-50-52-54-56-58-60-62-64-71(76)81-68-70(69-82-74(73(78)79)80-67-66-75(3,4)5)83-72(77)65-63-61-59-57-55-53-51-49-47-45-43-41-38-33-31-29-27-25-23-21-19-17-15-13-11-9-7-2/h19,21,24-27,31,33,70,74H,6-18,20,22-23,28-30,32,34-69H2,1-5H3/p+1/b21-19-,26-24-,27-25-,33-31-. The highest BCUT2D eigenvalue weighted by atomic mass is 16.7. The summed E-state index contributed by atoms with van der Waals surface area (Å²) >= 11 is 0. The summed E-state index contributed by atoms with van der Waals surface area (Å²) in [7, 11) is 5.99. The van der Waals surface area contributed by atoms with E-state index in [9.17, 15) is 19.5 Å². The monoisotopic (exact) mass is 1170 g/mol. The van der Waals surface area contributed by atoms with E-state index in [-0.39, 0.29) is 32.2 Å². The van der Waals surface area contributed by atoms with Crippen LogP contribution in [-0.4, -0.2) is 87.4 Å². The molecule has 0 fully saturated rings. The fraction of sp³-hybridized carbons (Fsp3) is 0.851. The van der Waals surface area contributed by atoms with Crippen molar-refractivity contribution in [1.82, 2.24) is 0 Å². The molecule has 0 aliphatic heterocycles. The van der Waals surface area contributed by atoms with E-state index >= 15 is 0 Å². The van der Waals surface area contributed by atoms with Crippen LogP contribution in [0, 0.1) is 0 Å². The fourth-order valence-electron chi connectivity index (χ4n) is 10.5. The molecule has 2 unspecified atom stereocenters. The molecular weight excluding hydrogens is 1030 g/mol. The molecule has 0 radical (unpaired) electrons. The van der Waals surface area contributed by atoms with Crippen LogP contribution in [-0.2, 0) is 33.3 Å². The number of allylic oxidation sites excluding steroid dienone is 8. The van der Waals surface area contributed by atoms with E-state index < -0.39 is 24.3 Å². The van der Waals surface area contributed by atoms with Gasteiger partial charge in [0.05, 0.1) is 34.4 Å². The number of nitrogens with zero attached hydrogens (tertiary/aromatic N) is 1. The molecule has 9 heteroatoms. The van der Waals surface area contributed by atoms with Crippen molar-refractivity contribution in [1.29, 1.82) is 0 Å².